The molecule has 0 aromatic heterocycles. The molecule has 4 nitrogen and oxygen atoms in total. The van der Waals surface area contributed by atoms with Crippen LogP contribution in [-0.4, -0.2) is 23.7 Å². The van der Waals surface area contributed by atoms with Crippen LogP contribution in [0.2, 0.25) is 0 Å². The van der Waals surface area contributed by atoms with Crippen LogP contribution < -0.4 is 10.5 Å². The van der Waals surface area contributed by atoms with Gasteiger partial charge in [-0.15, -0.1) is 0 Å². The average molecular weight is 299 g/mol. The predicted molar refractivity (Wildman–Crippen MR) is 87.1 cm³/mol. The van der Waals surface area contributed by atoms with Gasteiger partial charge in [0.15, 0.2) is 0 Å². The molecule has 2 rings (SSSR count). The number of benzene rings is 2. The van der Waals surface area contributed by atoms with E-state index >= 15 is 0 Å². The molecule has 0 saturated heterocycles. The Bertz CT molecular complexity index is 650. The van der Waals surface area contributed by atoms with Crippen molar-refractivity contribution < 1.29 is 14.6 Å². The van der Waals surface area contributed by atoms with Gasteiger partial charge in [0.1, 0.15) is 11.8 Å². The summed E-state index contributed by atoms with van der Waals surface area (Å²) in [5, 5.41) is 8.85. The second-order valence-electron chi connectivity index (χ2n) is 5.26. The molecule has 0 unspecified atom stereocenters. The third-order valence-corrected chi connectivity index (χ3v) is 3.55. The topological polar surface area (TPSA) is 72.5 Å². The standard InChI is InChI=1S/C18H21NO3/c1-3-22-15-8-9-16(12(2)10-15)14-6-4-13(5-7-14)11-17(19)18(20)21/h4-10,17H,3,11,19H2,1-2H3,(H,20,21)/t17-/m0/s1. The normalized spacial score (nSPS) is 12.0. The molecule has 0 aliphatic heterocycles. The highest BCUT2D eigenvalue weighted by atomic mass is 16.5. The highest BCUT2D eigenvalue weighted by Gasteiger charge is 2.12. The van der Waals surface area contributed by atoms with E-state index < -0.39 is 12.0 Å². The van der Waals surface area contributed by atoms with Crippen LogP contribution in [0, 0.1) is 6.92 Å². The molecule has 0 aliphatic carbocycles. The van der Waals surface area contributed by atoms with Crippen LogP contribution in [0.25, 0.3) is 11.1 Å². The summed E-state index contributed by atoms with van der Waals surface area (Å²) in [7, 11) is 0. The predicted octanol–water partition coefficient (Wildman–Crippen LogP) is 3.02. The van der Waals surface area contributed by atoms with Crippen LogP contribution in [0.1, 0.15) is 18.1 Å². The molecule has 0 bridgehead atoms. The summed E-state index contributed by atoms with van der Waals surface area (Å²) in [6, 6.07) is 13.0. The lowest BCUT2D eigenvalue weighted by Gasteiger charge is -2.11. The number of carboxylic acid groups (broad SMARTS) is 1. The van der Waals surface area contributed by atoms with Crippen molar-refractivity contribution >= 4 is 5.97 Å². The number of aliphatic carboxylic acids is 1. The van der Waals surface area contributed by atoms with E-state index in [4.69, 9.17) is 15.6 Å². The quantitative estimate of drug-likeness (QED) is 0.860. The molecule has 0 radical (unpaired) electrons. The largest absolute Gasteiger partial charge is 0.494 e. The van der Waals surface area contributed by atoms with Gasteiger partial charge in [-0.1, -0.05) is 30.3 Å². The first kappa shape index (κ1) is 16.0. The van der Waals surface area contributed by atoms with Crippen molar-refractivity contribution in [1.82, 2.24) is 0 Å². The van der Waals surface area contributed by atoms with Crippen LogP contribution in [0.3, 0.4) is 0 Å². The Balaban J connectivity index is 2.18. The van der Waals surface area contributed by atoms with Crippen molar-refractivity contribution in [2.75, 3.05) is 6.61 Å². The Labute approximate surface area is 130 Å². The number of ether oxygens (including phenoxy) is 1. The van der Waals surface area contributed by atoms with Gasteiger partial charge in [-0.05, 0) is 54.7 Å². The summed E-state index contributed by atoms with van der Waals surface area (Å²) in [5.74, 6) is -0.112. The van der Waals surface area contributed by atoms with E-state index in [1.54, 1.807) is 0 Å². The Morgan fingerprint density at radius 2 is 1.91 bits per heavy atom. The van der Waals surface area contributed by atoms with Crippen LogP contribution in [0.4, 0.5) is 0 Å². The van der Waals surface area contributed by atoms with Gasteiger partial charge in [0.05, 0.1) is 6.61 Å². The molecule has 3 N–H and O–H groups in total. The number of carbonyl (C=O) groups is 1. The van der Waals surface area contributed by atoms with Gasteiger partial charge in [0.2, 0.25) is 0 Å². The van der Waals surface area contributed by atoms with E-state index in [-0.39, 0.29) is 0 Å². The first-order valence-corrected chi connectivity index (χ1v) is 7.32. The number of nitrogens with two attached hydrogens (primary N) is 1. The monoisotopic (exact) mass is 299 g/mol. The number of aryl methyl sites for hydroxylation is 1. The van der Waals surface area contributed by atoms with Gasteiger partial charge >= 0.3 is 5.97 Å². The van der Waals surface area contributed by atoms with E-state index in [9.17, 15) is 4.79 Å². The molecule has 22 heavy (non-hydrogen) atoms. The first-order valence-electron chi connectivity index (χ1n) is 7.32. The minimum absolute atomic E-state index is 0.331. The summed E-state index contributed by atoms with van der Waals surface area (Å²) in [4.78, 5) is 10.8. The van der Waals surface area contributed by atoms with E-state index in [2.05, 4.69) is 0 Å². The lowest BCUT2D eigenvalue weighted by atomic mass is 9.98. The molecule has 0 aliphatic rings. The van der Waals surface area contributed by atoms with Crippen LogP contribution in [-0.2, 0) is 11.2 Å². The van der Waals surface area contributed by atoms with Gasteiger partial charge in [0, 0.05) is 0 Å². The molecule has 0 spiro atoms. The summed E-state index contributed by atoms with van der Waals surface area (Å²) in [6.45, 7) is 4.66. The average Bonchev–Trinajstić information content (AvgIpc) is 2.49. The van der Waals surface area contributed by atoms with E-state index in [0.29, 0.717) is 13.0 Å². The van der Waals surface area contributed by atoms with Crippen molar-refractivity contribution in [3.8, 4) is 16.9 Å². The third kappa shape index (κ3) is 3.86. The van der Waals surface area contributed by atoms with Crippen molar-refractivity contribution in [2.24, 2.45) is 5.73 Å². The maximum absolute atomic E-state index is 10.8. The van der Waals surface area contributed by atoms with E-state index in [0.717, 1.165) is 28.0 Å². The van der Waals surface area contributed by atoms with Crippen LogP contribution in [0.5, 0.6) is 5.75 Å². The molecule has 0 amide bonds. The molecule has 116 valence electrons. The van der Waals surface area contributed by atoms with Gasteiger partial charge in [0.25, 0.3) is 0 Å². The van der Waals surface area contributed by atoms with Crippen molar-refractivity contribution in [1.29, 1.82) is 0 Å². The maximum atomic E-state index is 10.8. The zero-order valence-electron chi connectivity index (χ0n) is 12.9. The highest BCUT2D eigenvalue weighted by Crippen LogP contribution is 2.27. The number of carboxylic acids is 1. The maximum Gasteiger partial charge on any atom is 0.320 e. The summed E-state index contributed by atoms with van der Waals surface area (Å²) in [6.07, 6.45) is 0.331. The fourth-order valence-electron chi connectivity index (χ4n) is 2.38. The van der Waals surface area contributed by atoms with E-state index in [1.165, 1.54) is 0 Å². The molecule has 0 fully saturated rings. The SMILES string of the molecule is CCOc1ccc(-c2ccc(C[C@H](N)C(=O)O)cc2)c(C)c1. The van der Waals surface area contributed by atoms with Gasteiger partial charge in [-0.2, -0.15) is 0 Å². The van der Waals surface area contributed by atoms with Crippen LogP contribution >= 0.6 is 0 Å². The molecule has 1 atom stereocenters. The van der Waals surface area contributed by atoms with Gasteiger partial charge in [-0.25, -0.2) is 0 Å². The van der Waals surface area contributed by atoms with Crippen molar-refractivity contribution in [3.63, 3.8) is 0 Å². The molecule has 2 aromatic rings. The fraction of sp³-hybridized carbons (Fsp3) is 0.278. The third-order valence-electron chi connectivity index (χ3n) is 3.55. The summed E-state index contributed by atoms with van der Waals surface area (Å²) in [5.41, 5.74) is 9.84. The number of hydrogen-bond acceptors (Lipinski definition) is 3. The molecule has 4 heteroatoms. The fourth-order valence-corrected chi connectivity index (χ4v) is 2.38. The lowest BCUT2D eigenvalue weighted by Crippen LogP contribution is -2.32. The second-order valence-corrected chi connectivity index (χ2v) is 5.26. The Hall–Kier alpha value is -2.33. The first-order chi connectivity index (χ1) is 10.5. The summed E-state index contributed by atoms with van der Waals surface area (Å²) < 4.78 is 5.49. The summed E-state index contributed by atoms with van der Waals surface area (Å²) >= 11 is 0. The molecule has 0 heterocycles. The smallest absolute Gasteiger partial charge is 0.320 e. The molecule has 0 saturated carbocycles. The molecular formula is C18H21NO3. The Morgan fingerprint density at radius 1 is 1.23 bits per heavy atom. The zero-order valence-corrected chi connectivity index (χ0v) is 12.9. The minimum atomic E-state index is -0.980. The minimum Gasteiger partial charge on any atom is -0.494 e. The van der Waals surface area contributed by atoms with Crippen LogP contribution in [0.15, 0.2) is 42.5 Å². The Kier molecular flexibility index (Phi) is 5.17. The number of rotatable bonds is 6. The van der Waals surface area contributed by atoms with E-state index in [1.807, 2.05) is 56.3 Å². The second kappa shape index (κ2) is 7.09. The van der Waals surface area contributed by atoms with Crippen molar-refractivity contribution in [2.45, 2.75) is 26.3 Å². The Morgan fingerprint density at radius 3 is 2.45 bits per heavy atom. The molecule has 2 aromatic carbocycles. The van der Waals surface area contributed by atoms with Crippen molar-refractivity contribution in [3.05, 3.63) is 53.6 Å². The lowest BCUT2D eigenvalue weighted by molar-refractivity contribution is -0.138. The number of hydrogen-bond donors (Lipinski definition) is 2. The highest BCUT2D eigenvalue weighted by molar-refractivity contribution is 5.73. The van der Waals surface area contributed by atoms with Gasteiger partial charge in [-0.3, -0.25) is 4.79 Å². The van der Waals surface area contributed by atoms with Gasteiger partial charge < -0.3 is 15.6 Å². The zero-order chi connectivity index (χ0) is 16.1. The molecular weight excluding hydrogens is 278 g/mol.